The molecule has 0 fully saturated rings. The summed E-state index contributed by atoms with van der Waals surface area (Å²) >= 11 is 0. The average molecular weight is 353 g/mol. The Kier molecular flexibility index (Phi) is 4.49. The normalized spacial score (nSPS) is 10.7. The smallest absolute Gasteiger partial charge is 0.338 e. The lowest BCUT2D eigenvalue weighted by Gasteiger charge is -2.14. The van der Waals surface area contributed by atoms with Gasteiger partial charge in [-0.2, -0.15) is 0 Å². The minimum Gasteiger partial charge on any atom is -0.478 e. The number of anilines is 2. The molecule has 0 atom stereocenters. The topological polar surface area (TPSA) is 128 Å². The zero-order valence-electron chi connectivity index (χ0n) is 13.9. The van der Waals surface area contributed by atoms with Crippen molar-refractivity contribution in [1.82, 2.24) is 15.0 Å². The van der Waals surface area contributed by atoms with E-state index in [1.165, 1.54) is 12.1 Å². The van der Waals surface area contributed by atoms with Gasteiger partial charge in [-0.25, -0.2) is 24.1 Å². The summed E-state index contributed by atoms with van der Waals surface area (Å²) in [6.07, 6.45) is 2.14. The highest BCUT2D eigenvalue weighted by Crippen LogP contribution is 2.34. The third kappa shape index (κ3) is 3.16. The molecule has 0 unspecified atom stereocenters. The maximum atomic E-state index is 14.2. The van der Waals surface area contributed by atoms with Crippen LogP contribution in [0.25, 0.3) is 22.4 Å². The predicted molar refractivity (Wildman–Crippen MR) is 95.8 cm³/mol. The summed E-state index contributed by atoms with van der Waals surface area (Å²) in [5.41, 5.74) is 13.9. The second-order valence-corrected chi connectivity index (χ2v) is 5.58. The molecule has 0 bridgehead atoms. The highest BCUT2D eigenvalue weighted by Gasteiger charge is 2.19. The van der Waals surface area contributed by atoms with Gasteiger partial charge >= 0.3 is 5.97 Å². The van der Waals surface area contributed by atoms with Gasteiger partial charge in [0.05, 0.1) is 17.0 Å². The highest BCUT2D eigenvalue weighted by atomic mass is 19.1. The zero-order valence-corrected chi connectivity index (χ0v) is 13.9. The number of aromatic nitrogens is 3. The Bertz CT molecular complexity index is 990. The molecule has 0 aliphatic carbocycles. The van der Waals surface area contributed by atoms with Gasteiger partial charge in [0.1, 0.15) is 11.6 Å². The van der Waals surface area contributed by atoms with E-state index in [-0.39, 0.29) is 5.95 Å². The Labute approximate surface area is 148 Å². The lowest BCUT2D eigenvalue weighted by molar-refractivity contribution is 0.0692. The van der Waals surface area contributed by atoms with E-state index in [9.17, 15) is 9.18 Å². The van der Waals surface area contributed by atoms with Gasteiger partial charge in [0.25, 0.3) is 0 Å². The Morgan fingerprint density at radius 3 is 2.46 bits per heavy atom. The van der Waals surface area contributed by atoms with Crippen LogP contribution in [-0.4, -0.2) is 26.0 Å². The fourth-order valence-corrected chi connectivity index (χ4v) is 2.68. The summed E-state index contributed by atoms with van der Waals surface area (Å²) in [6, 6.07) is 7.22. The van der Waals surface area contributed by atoms with Gasteiger partial charge in [-0.1, -0.05) is 13.0 Å². The van der Waals surface area contributed by atoms with Crippen molar-refractivity contribution >= 4 is 17.7 Å². The molecule has 26 heavy (non-hydrogen) atoms. The van der Waals surface area contributed by atoms with E-state index in [1.807, 2.05) is 6.92 Å². The first-order chi connectivity index (χ1) is 12.4. The van der Waals surface area contributed by atoms with Crippen molar-refractivity contribution in [3.05, 3.63) is 53.6 Å². The van der Waals surface area contributed by atoms with Crippen LogP contribution in [0.15, 0.2) is 36.5 Å². The van der Waals surface area contributed by atoms with Crippen molar-refractivity contribution in [1.29, 1.82) is 0 Å². The van der Waals surface area contributed by atoms with E-state index in [0.29, 0.717) is 40.3 Å². The molecule has 3 rings (SSSR count). The molecule has 0 radical (unpaired) electrons. The van der Waals surface area contributed by atoms with Crippen LogP contribution in [0.2, 0.25) is 0 Å². The Morgan fingerprint density at radius 2 is 1.88 bits per heavy atom. The molecule has 0 saturated heterocycles. The van der Waals surface area contributed by atoms with Crippen LogP contribution in [0.5, 0.6) is 0 Å². The first-order valence-corrected chi connectivity index (χ1v) is 7.82. The molecule has 0 aliphatic heterocycles. The quantitative estimate of drug-likeness (QED) is 0.658. The maximum Gasteiger partial charge on any atom is 0.338 e. The summed E-state index contributed by atoms with van der Waals surface area (Å²) in [7, 11) is 0. The number of aryl methyl sites for hydroxylation is 1. The summed E-state index contributed by atoms with van der Waals surface area (Å²) in [5, 5.41) is 9.01. The van der Waals surface area contributed by atoms with Gasteiger partial charge in [-0.3, -0.25) is 0 Å². The number of halogens is 1. The molecule has 3 aromatic rings. The van der Waals surface area contributed by atoms with Crippen molar-refractivity contribution in [2.45, 2.75) is 13.3 Å². The lowest BCUT2D eigenvalue weighted by Crippen LogP contribution is -2.06. The summed E-state index contributed by atoms with van der Waals surface area (Å²) < 4.78 is 14.2. The van der Waals surface area contributed by atoms with Crippen molar-refractivity contribution < 1.29 is 14.3 Å². The van der Waals surface area contributed by atoms with E-state index < -0.39 is 17.3 Å². The predicted octanol–water partition coefficient (Wildman–Crippen LogP) is 2.77. The number of benzene rings is 1. The van der Waals surface area contributed by atoms with Crippen molar-refractivity contribution in [2.24, 2.45) is 0 Å². The average Bonchev–Trinajstić information content (AvgIpc) is 2.61. The van der Waals surface area contributed by atoms with Crippen LogP contribution >= 0.6 is 0 Å². The van der Waals surface area contributed by atoms with Gasteiger partial charge in [0, 0.05) is 22.9 Å². The van der Waals surface area contributed by atoms with E-state index >= 15 is 0 Å². The molecule has 7 nitrogen and oxygen atoms in total. The second-order valence-electron chi connectivity index (χ2n) is 5.58. The number of nitrogens with two attached hydrogens (primary N) is 2. The number of carboxylic acids is 1. The summed E-state index contributed by atoms with van der Waals surface area (Å²) in [5.74, 6) is -1.78. The van der Waals surface area contributed by atoms with Gasteiger partial charge in [0.2, 0.25) is 5.95 Å². The molecule has 2 aromatic heterocycles. The van der Waals surface area contributed by atoms with Gasteiger partial charge in [0.15, 0.2) is 0 Å². The fraction of sp³-hybridized carbons (Fsp3) is 0.111. The molecular formula is C18H16FN5O2. The fourth-order valence-electron chi connectivity index (χ4n) is 2.68. The summed E-state index contributed by atoms with van der Waals surface area (Å²) in [4.78, 5) is 23.6. The van der Waals surface area contributed by atoms with E-state index in [4.69, 9.17) is 16.6 Å². The first-order valence-electron chi connectivity index (χ1n) is 7.82. The SMILES string of the molecule is CCc1nc(N)nc(-c2ccc(C(=O)O)c(F)c2)c1-c1ccc(N)nc1. The molecule has 0 aliphatic rings. The number of carboxylic acid groups (broad SMARTS) is 1. The van der Waals surface area contributed by atoms with Gasteiger partial charge < -0.3 is 16.6 Å². The molecule has 1 aromatic carbocycles. The van der Waals surface area contributed by atoms with Crippen LogP contribution in [-0.2, 0) is 6.42 Å². The highest BCUT2D eigenvalue weighted by molar-refractivity contribution is 5.90. The van der Waals surface area contributed by atoms with E-state index in [1.54, 1.807) is 18.3 Å². The lowest BCUT2D eigenvalue weighted by atomic mass is 9.97. The Morgan fingerprint density at radius 1 is 1.15 bits per heavy atom. The molecule has 132 valence electrons. The maximum absolute atomic E-state index is 14.2. The third-order valence-corrected chi connectivity index (χ3v) is 3.88. The molecule has 8 heteroatoms. The van der Waals surface area contributed by atoms with Crippen molar-refractivity contribution in [2.75, 3.05) is 11.5 Å². The molecule has 0 saturated carbocycles. The Balaban J connectivity index is 2.27. The second kappa shape index (κ2) is 6.75. The number of aromatic carboxylic acids is 1. The van der Waals surface area contributed by atoms with Gasteiger partial charge in [-0.15, -0.1) is 0 Å². The minimum absolute atomic E-state index is 0.0479. The first kappa shape index (κ1) is 17.3. The monoisotopic (exact) mass is 353 g/mol. The van der Waals surface area contributed by atoms with Crippen LogP contribution in [0.1, 0.15) is 23.0 Å². The number of hydrogen-bond donors (Lipinski definition) is 3. The zero-order chi connectivity index (χ0) is 18.8. The molecule has 0 amide bonds. The van der Waals surface area contributed by atoms with Crippen LogP contribution in [0, 0.1) is 5.82 Å². The van der Waals surface area contributed by atoms with Crippen LogP contribution in [0.4, 0.5) is 16.2 Å². The van der Waals surface area contributed by atoms with Crippen LogP contribution in [0.3, 0.4) is 0 Å². The molecule has 0 spiro atoms. The molecule has 5 N–H and O–H groups in total. The van der Waals surface area contributed by atoms with Crippen molar-refractivity contribution in [3.63, 3.8) is 0 Å². The van der Waals surface area contributed by atoms with E-state index in [0.717, 1.165) is 6.07 Å². The van der Waals surface area contributed by atoms with E-state index in [2.05, 4.69) is 15.0 Å². The number of carbonyl (C=O) groups is 1. The number of nitrogens with zero attached hydrogens (tertiary/aromatic N) is 3. The Hall–Kier alpha value is -3.55. The van der Waals surface area contributed by atoms with Crippen LogP contribution < -0.4 is 11.5 Å². The minimum atomic E-state index is -1.34. The number of pyridine rings is 1. The number of hydrogen-bond acceptors (Lipinski definition) is 6. The molecule has 2 heterocycles. The summed E-state index contributed by atoms with van der Waals surface area (Å²) in [6.45, 7) is 1.91. The third-order valence-electron chi connectivity index (χ3n) is 3.88. The largest absolute Gasteiger partial charge is 0.478 e. The molecular weight excluding hydrogens is 337 g/mol. The standard InChI is InChI=1S/C18H16FN5O2/c1-2-13-15(10-4-6-14(20)22-8-10)16(24-18(21)23-13)9-3-5-11(17(25)26)12(19)7-9/h3-8H,2H2,1H3,(H2,20,22)(H,25,26)(H2,21,23,24). The number of rotatable bonds is 4. The number of nitrogen functional groups attached to an aromatic ring is 2. The van der Waals surface area contributed by atoms with Gasteiger partial charge in [-0.05, 0) is 30.7 Å². The van der Waals surface area contributed by atoms with Crippen molar-refractivity contribution in [3.8, 4) is 22.4 Å².